The zero-order valence-electron chi connectivity index (χ0n) is 20.6. The Kier molecular flexibility index (Phi) is 6.35. The molecule has 4 saturated carbocycles. The molecule has 0 spiro atoms. The highest BCUT2D eigenvalue weighted by molar-refractivity contribution is 5.13. The van der Waals surface area contributed by atoms with Crippen LogP contribution in [0.25, 0.3) is 0 Å². The fourth-order valence-electron chi connectivity index (χ4n) is 9.82. The fraction of sp³-hybridized carbons (Fsp3) is 0.964. The molecule has 0 aromatic rings. The SMILES string of the molecule is C[CH+]C(C)CC(C)C1CCC2C3C(O)C(CC)C4CC(O)CCC4(C)C3CCC12C. The first-order valence-corrected chi connectivity index (χ1v) is 13.3. The molecule has 2 N–H and O–H groups in total. The monoisotopic (exact) mass is 417 g/mol. The van der Waals surface area contributed by atoms with Crippen molar-refractivity contribution in [1.82, 2.24) is 0 Å². The molecule has 172 valence electrons. The summed E-state index contributed by atoms with van der Waals surface area (Å²) in [5.74, 6) is 5.01. The first kappa shape index (κ1) is 23.0. The molecule has 0 aliphatic heterocycles. The summed E-state index contributed by atoms with van der Waals surface area (Å²) in [6, 6.07) is 0. The Morgan fingerprint density at radius 2 is 1.60 bits per heavy atom. The average Bonchev–Trinajstić information content (AvgIpc) is 3.06. The largest absolute Gasteiger partial charge is 0.393 e. The maximum Gasteiger partial charge on any atom is 0.0949 e. The lowest BCUT2D eigenvalue weighted by molar-refractivity contribution is -0.203. The van der Waals surface area contributed by atoms with E-state index in [4.69, 9.17) is 0 Å². The van der Waals surface area contributed by atoms with Crippen molar-refractivity contribution < 1.29 is 10.2 Å². The van der Waals surface area contributed by atoms with Crippen molar-refractivity contribution in [3.8, 4) is 0 Å². The Morgan fingerprint density at radius 3 is 2.27 bits per heavy atom. The average molecular weight is 418 g/mol. The fourth-order valence-corrected chi connectivity index (χ4v) is 9.82. The summed E-state index contributed by atoms with van der Waals surface area (Å²) < 4.78 is 0. The van der Waals surface area contributed by atoms with Crippen molar-refractivity contribution in [2.24, 2.45) is 58.2 Å². The van der Waals surface area contributed by atoms with E-state index < -0.39 is 0 Å². The van der Waals surface area contributed by atoms with Crippen LogP contribution < -0.4 is 0 Å². The van der Waals surface area contributed by atoms with E-state index in [0.717, 1.165) is 37.5 Å². The van der Waals surface area contributed by atoms with Gasteiger partial charge < -0.3 is 10.2 Å². The highest BCUT2D eigenvalue weighted by Gasteiger charge is 2.64. The Labute approximate surface area is 186 Å². The van der Waals surface area contributed by atoms with Crippen LogP contribution in [0.3, 0.4) is 0 Å². The zero-order chi connectivity index (χ0) is 21.8. The summed E-state index contributed by atoms with van der Waals surface area (Å²) in [5.41, 5.74) is 0.727. The minimum Gasteiger partial charge on any atom is -0.393 e. The minimum absolute atomic E-state index is 0.149. The molecule has 0 radical (unpaired) electrons. The summed E-state index contributed by atoms with van der Waals surface area (Å²) in [5, 5.41) is 22.2. The molecule has 0 bridgehead atoms. The van der Waals surface area contributed by atoms with Gasteiger partial charge >= 0.3 is 0 Å². The first-order valence-electron chi connectivity index (χ1n) is 13.3. The van der Waals surface area contributed by atoms with Crippen LogP contribution in [0.1, 0.15) is 99.3 Å². The van der Waals surface area contributed by atoms with Crippen LogP contribution in [0.4, 0.5) is 0 Å². The minimum atomic E-state index is -0.162. The second-order valence-corrected chi connectivity index (χ2v) is 12.6. The van der Waals surface area contributed by atoms with Gasteiger partial charge in [0.15, 0.2) is 0 Å². The van der Waals surface area contributed by atoms with E-state index in [1.807, 2.05) is 0 Å². The number of hydrogen-bond donors (Lipinski definition) is 2. The van der Waals surface area contributed by atoms with Crippen LogP contribution in [0, 0.1) is 64.6 Å². The van der Waals surface area contributed by atoms with Crippen molar-refractivity contribution in [2.45, 2.75) is 112 Å². The molecule has 0 amide bonds. The lowest BCUT2D eigenvalue weighted by Crippen LogP contribution is -2.62. The zero-order valence-corrected chi connectivity index (χ0v) is 20.6. The van der Waals surface area contributed by atoms with Crippen molar-refractivity contribution in [3.63, 3.8) is 0 Å². The van der Waals surface area contributed by atoms with Crippen molar-refractivity contribution in [2.75, 3.05) is 0 Å². The number of aliphatic hydroxyl groups is 2. The van der Waals surface area contributed by atoms with Crippen LogP contribution in [0.15, 0.2) is 0 Å². The Morgan fingerprint density at radius 1 is 0.933 bits per heavy atom. The third-order valence-corrected chi connectivity index (χ3v) is 11.5. The highest BCUT2D eigenvalue weighted by atomic mass is 16.3. The van der Waals surface area contributed by atoms with E-state index in [1.165, 1.54) is 32.1 Å². The molecule has 12 unspecified atom stereocenters. The molecule has 0 heterocycles. The van der Waals surface area contributed by atoms with Gasteiger partial charge in [0, 0.05) is 0 Å². The van der Waals surface area contributed by atoms with Gasteiger partial charge in [-0.15, -0.1) is 0 Å². The van der Waals surface area contributed by atoms with E-state index >= 15 is 0 Å². The molecule has 0 aromatic heterocycles. The number of fused-ring (bicyclic) bond motifs is 5. The quantitative estimate of drug-likeness (QED) is 0.501. The van der Waals surface area contributed by atoms with Crippen molar-refractivity contribution in [3.05, 3.63) is 6.42 Å². The standard InChI is InChI=1S/C28H49O2/c1-7-17(3)15-18(4)21-9-10-22-25-23(12-14-27(21,22)5)28(6)13-11-19(29)16-24(28)20(8-2)26(25)30/h7,17-26,29-30H,8-16H2,1-6H3/q+1. The van der Waals surface area contributed by atoms with Gasteiger partial charge in [-0.2, -0.15) is 0 Å². The Hall–Kier alpha value is -0.210. The van der Waals surface area contributed by atoms with E-state index in [-0.39, 0.29) is 12.2 Å². The summed E-state index contributed by atoms with van der Waals surface area (Å²) in [6.07, 6.45) is 12.8. The van der Waals surface area contributed by atoms with Gasteiger partial charge in [0.1, 0.15) is 0 Å². The van der Waals surface area contributed by atoms with Crippen LogP contribution in [0.2, 0.25) is 0 Å². The molecule has 4 rings (SSSR count). The molecule has 2 nitrogen and oxygen atoms in total. The lowest BCUT2D eigenvalue weighted by atomic mass is 9.41. The maximum atomic E-state index is 11.8. The van der Waals surface area contributed by atoms with Crippen molar-refractivity contribution in [1.29, 1.82) is 0 Å². The molecule has 12 atom stereocenters. The second-order valence-electron chi connectivity index (χ2n) is 12.6. The van der Waals surface area contributed by atoms with Crippen LogP contribution in [0.5, 0.6) is 0 Å². The van der Waals surface area contributed by atoms with Crippen LogP contribution in [-0.4, -0.2) is 22.4 Å². The van der Waals surface area contributed by atoms with Gasteiger partial charge in [0.2, 0.25) is 0 Å². The summed E-state index contributed by atoms with van der Waals surface area (Å²) in [6.45, 7) is 14.5. The molecular weight excluding hydrogens is 368 g/mol. The van der Waals surface area contributed by atoms with Crippen LogP contribution >= 0.6 is 0 Å². The summed E-state index contributed by atoms with van der Waals surface area (Å²) in [7, 11) is 0. The Balaban J connectivity index is 1.62. The van der Waals surface area contributed by atoms with E-state index in [0.29, 0.717) is 46.3 Å². The van der Waals surface area contributed by atoms with Gasteiger partial charge in [-0.05, 0) is 111 Å². The van der Waals surface area contributed by atoms with Crippen LogP contribution in [-0.2, 0) is 0 Å². The van der Waals surface area contributed by atoms with Gasteiger partial charge in [0.05, 0.1) is 31.5 Å². The summed E-state index contributed by atoms with van der Waals surface area (Å²) >= 11 is 0. The molecule has 30 heavy (non-hydrogen) atoms. The van der Waals surface area contributed by atoms with E-state index in [9.17, 15) is 10.2 Å². The van der Waals surface area contributed by atoms with Crippen molar-refractivity contribution >= 4 is 0 Å². The third kappa shape index (κ3) is 3.38. The van der Waals surface area contributed by atoms with E-state index in [2.05, 4.69) is 48.0 Å². The van der Waals surface area contributed by atoms with Gasteiger partial charge in [-0.1, -0.05) is 34.1 Å². The smallest absolute Gasteiger partial charge is 0.0949 e. The molecule has 0 saturated heterocycles. The molecule has 0 aromatic carbocycles. The van der Waals surface area contributed by atoms with Gasteiger partial charge in [-0.3, -0.25) is 0 Å². The molecule has 4 aliphatic carbocycles. The molecule has 4 fully saturated rings. The predicted octanol–water partition coefficient (Wildman–Crippen LogP) is 6.50. The number of hydrogen-bond acceptors (Lipinski definition) is 2. The second kappa shape index (κ2) is 8.29. The van der Waals surface area contributed by atoms with Gasteiger partial charge in [-0.25, -0.2) is 0 Å². The normalized spacial score (nSPS) is 52.7. The lowest BCUT2D eigenvalue weighted by Gasteiger charge is -2.64. The Bertz CT molecular complexity index is 603. The summed E-state index contributed by atoms with van der Waals surface area (Å²) in [4.78, 5) is 0. The topological polar surface area (TPSA) is 40.5 Å². The number of aliphatic hydroxyl groups excluding tert-OH is 2. The maximum absolute atomic E-state index is 11.8. The number of rotatable bonds is 5. The molecule has 2 heteroatoms. The third-order valence-electron chi connectivity index (χ3n) is 11.5. The predicted molar refractivity (Wildman–Crippen MR) is 125 cm³/mol. The van der Waals surface area contributed by atoms with E-state index in [1.54, 1.807) is 0 Å². The highest BCUT2D eigenvalue weighted by Crippen LogP contribution is 2.69. The first-order chi connectivity index (χ1) is 14.2. The molecular formula is C28H49O2+. The molecule has 4 aliphatic rings. The van der Waals surface area contributed by atoms with Gasteiger partial charge in [0.25, 0.3) is 0 Å².